The number of phenols is 1. The molecule has 0 aromatic heterocycles. The molecule has 0 aliphatic carbocycles. The Hall–Kier alpha value is -4.52. The molecule has 3 atom stereocenters. The number of nitro groups is 1. The second kappa shape index (κ2) is 13.0. The maximum absolute atomic E-state index is 12.8. The van der Waals surface area contributed by atoms with E-state index in [9.17, 15) is 39.5 Å². The Morgan fingerprint density at radius 2 is 1.76 bits per heavy atom. The van der Waals surface area contributed by atoms with Crippen molar-refractivity contribution in [1.82, 2.24) is 15.5 Å². The lowest BCUT2D eigenvalue weighted by Crippen LogP contribution is -2.53. The smallest absolute Gasteiger partial charge is 0.326 e. The largest absolute Gasteiger partial charge is 0.508 e. The van der Waals surface area contributed by atoms with Crippen LogP contribution in [-0.2, 0) is 32.1 Å². The number of hydrogen-bond donors (Lipinski definition) is 5. The number of phenolic OH excluding ortho intramolecular Hbond substituents is 1. The minimum atomic E-state index is -1.25. The van der Waals surface area contributed by atoms with Crippen molar-refractivity contribution in [2.45, 2.75) is 44.9 Å². The molecule has 0 heterocycles. The van der Waals surface area contributed by atoms with Crippen molar-refractivity contribution in [2.75, 3.05) is 6.54 Å². The Morgan fingerprint density at radius 3 is 2.32 bits per heavy atom. The summed E-state index contributed by atoms with van der Waals surface area (Å²) in [5, 5.41) is 35.3. The van der Waals surface area contributed by atoms with E-state index in [1.807, 2.05) is 0 Å². The van der Waals surface area contributed by atoms with Gasteiger partial charge in [-0.15, -0.1) is 0 Å². The standard InChI is InChI=1S/C24H29N5O8/c1-14(25)23(33)28(13-17-11-18(29(36)37)8-9-20(17)30)15(2)22(32)26-12-21(31)27-19(24(34)35)10-16-6-4-3-5-7-16/h3-9,11,14-15,19,30H,10,12-13,25H2,1-2H3,(H,26,32)(H,27,31)(H,34,35)/t14-,15-,19-/m0/s1. The van der Waals surface area contributed by atoms with E-state index in [-0.39, 0.29) is 30.0 Å². The van der Waals surface area contributed by atoms with E-state index in [1.165, 1.54) is 13.8 Å². The minimum absolute atomic E-state index is 0.0193. The maximum Gasteiger partial charge on any atom is 0.326 e. The Bertz CT molecular complexity index is 1160. The number of nitrogens with two attached hydrogens (primary N) is 1. The average molecular weight is 516 g/mol. The molecule has 13 nitrogen and oxygen atoms in total. The molecule has 6 N–H and O–H groups in total. The number of hydrogen-bond acceptors (Lipinski definition) is 8. The lowest BCUT2D eigenvalue weighted by atomic mass is 10.1. The van der Waals surface area contributed by atoms with Crippen molar-refractivity contribution in [3.05, 3.63) is 69.8 Å². The highest BCUT2D eigenvalue weighted by Crippen LogP contribution is 2.25. The Kier molecular flexibility index (Phi) is 10.1. The number of aromatic hydroxyl groups is 1. The molecule has 13 heteroatoms. The van der Waals surface area contributed by atoms with Gasteiger partial charge >= 0.3 is 5.97 Å². The van der Waals surface area contributed by atoms with E-state index in [0.29, 0.717) is 5.56 Å². The minimum Gasteiger partial charge on any atom is -0.508 e. The number of carboxylic acid groups (broad SMARTS) is 1. The molecule has 0 bridgehead atoms. The van der Waals surface area contributed by atoms with Gasteiger partial charge in [-0.05, 0) is 25.5 Å². The van der Waals surface area contributed by atoms with Gasteiger partial charge in [-0.3, -0.25) is 24.5 Å². The van der Waals surface area contributed by atoms with Gasteiger partial charge in [-0.2, -0.15) is 0 Å². The Labute approximate surface area is 212 Å². The van der Waals surface area contributed by atoms with Crippen LogP contribution in [0.2, 0.25) is 0 Å². The van der Waals surface area contributed by atoms with Crippen LogP contribution >= 0.6 is 0 Å². The van der Waals surface area contributed by atoms with Crippen LogP contribution in [0.15, 0.2) is 48.5 Å². The van der Waals surface area contributed by atoms with Gasteiger partial charge in [-0.1, -0.05) is 30.3 Å². The number of aliphatic carboxylic acids is 1. The van der Waals surface area contributed by atoms with Gasteiger partial charge in [-0.25, -0.2) is 4.79 Å². The van der Waals surface area contributed by atoms with Crippen LogP contribution in [0.25, 0.3) is 0 Å². The van der Waals surface area contributed by atoms with E-state index in [1.54, 1.807) is 30.3 Å². The van der Waals surface area contributed by atoms with Crippen molar-refractivity contribution in [3.63, 3.8) is 0 Å². The fourth-order valence-corrected chi connectivity index (χ4v) is 3.41. The Balaban J connectivity index is 2.08. The molecule has 0 aliphatic heterocycles. The van der Waals surface area contributed by atoms with Crippen LogP contribution in [0.4, 0.5) is 5.69 Å². The molecule has 0 aliphatic rings. The third kappa shape index (κ3) is 8.28. The van der Waals surface area contributed by atoms with Gasteiger partial charge in [0.1, 0.15) is 17.8 Å². The third-order valence-electron chi connectivity index (χ3n) is 5.47. The number of rotatable bonds is 12. The van der Waals surface area contributed by atoms with Crippen molar-refractivity contribution in [2.24, 2.45) is 5.73 Å². The number of carbonyl (C=O) groups excluding carboxylic acids is 3. The lowest BCUT2D eigenvalue weighted by Gasteiger charge is -2.30. The van der Waals surface area contributed by atoms with E-state index in [2.05, 4.69) is 10.6 Å². The number of nitrogens with zero attached hydrogens (tertiary/aromatic N) is 2. The molecule has 0 radical (unpaired) electrons. The van der Waals surface area contributed by atoms with Crippen LogP contribution < -0.4 is 16.4 Å². The van der Waals surface area contributed by atoms with Gasteiger partial charge in [0, 0.05) is 24.1 Å². The molecule has 0 fully saturated rings. The second-order valence-corrected chi connectivity index (χ2v) is 8.37. The molecule has 0 saturated carbocycles. The molecule has 37 heavy (non-hydrogen) atoms. The third-order valence-corrected chi connectivity index (χ3v) is 5.47. The van der Waals surface area contributed by atoms with Crippen molar-refractivity contribution in [1.29, 1.82) is 0 Å². The normalized spacial score (nSPS) is 13.1. The number of non-ortho nitro benzene ring substituents is 1. The summed E-state index contributed by atoms with van der Waals surface area (Å²) in [6.45, 7) is 1.81. The van der Waals surface area contributed by atoms with Gasteiger partial charge in [0.15, 0.2) is 0 Å². The molecular formula is C24H29N5O8. The van der Waals surface area contributed by atoms with E-state index in [4.69, 9.17) is 5.73 Å². The topological polar surface area (TPSA) is 205 Å². The quantitative estimate of drug-likeness (QED) is 0.194. The average Bonchev–Trinajstić information content (AvgIpc) is 2.85. The molecule has 0 saturated heterocycles. The fourth-order valence-electron chi connectivity index (χ4n) is 3.41. The number of carboxylic acids is 1. The number of carbonyl (C=O) groups is 4. The first-order chi connectivity index (χ1) is 17.4. The van der Waals surface area contributed by atoms with E-state index < -0.39 is 53.3 Å². The van der Waals surface area contributed by atoms with Gasteiger partial charge in [0.05, 0.1) is 24.1 Å². The molecule has 2 aromatic rings. The summed E-state index contributed by atoms with van der Waals surface area (Å²) in [5.74, 6) is -3.76. The zero-order chi connectivity index (χ0) is 27.7. The zero-order valence-corrected chi connectivity index (χ0v) is 20.3. The summed E-state index contributed by atoms with van der Waals surface area (Å²) >= 11 is 0. The van der Waals surface area contributed by atoms with Crippen LogP contribution in [0.3, 0.4) is 0 Å². The predicted octanol–water partition coefficient (Wildman–Crippen LogP) is 0.293. The van der Waals surface area contributed by atoms with Crippen LogP contribution in [0.1, 0.15) is 25.0 Å². The van der Waals surface area contributed by atoms with E-state index in [0.717, 1.165) is 23.1 Å². The first-order valence-electron chi connectivity index (χ1n) is 11.3. The number of benzene rings is 2. The number of nitro benzene ring substituents is 1. The highest BCUT2D eigenvalue weighted by Gasteiger charge is 2.30. The summed E-state index contributed by atoms with van der Waals surface area (Å²) in [6.07, 6.45) is 0.0373. The zero-order valence-electron chi connectivity index (χ0n) is 20.3. The first-order valence-corrected chi connectivity index (χ1v) is 11.3. The summed E-state index contributed by atoms with van der Waals surface area (Å²) in [5.41, 5.74) is 6.09. The van der Waals surface area contributed by atoms with Crippen LogP contribution in [-0.4, -0.2) is 68.4 Å². The van der Waals surface area contributed by atoms with Crippen LogP contribution in [0.5, 0.6) is 5.75 Å². The maximum atomic E-state index is 12.8. The molecule has 198 valence electrons. The molecule has 0 unspecified atom stereocenters. The van der Waals surface area contributed by atoms with Crippen molar-refractivity contribution in [3.8, 4) is 5.75 Å². The Morgan fingerprint density at radius 1 is 1.11 bits per heavy atom. The highest BCUT2D eigenvalue weighted by molar-refractivity contribution is 5.92. The summed E-state index contributed by atoms with van der Waals surface area (Å²) < 4.78 is 0. The first kappa shape index (κ1) is 28.7. The summed E-state index contributed by atoms with van der Waals surface area (Å²) in [7, 11) is 0. The van der Waals surface area contributed by atoms with Crippen molar-refractivity contribution < 1.29 is 34.3 Å². The summed E-state index contributed by atoms with van der Waals surface area (Å²) in [4.78, 5) is 60.8. The molecule has 3 amide bonds. The number of nitrogens with one attached hydrogen (secondary N) is 2. The second-order valence-electron chi connectivity index (χ2n) is 8.37. The molecule has 2 rings (SSSR count). The van der Waals surface area contributed by atoms with Crippen LogP contribution in [0, 0.1) is 10.1 Å². The number of amides is 3. The fraction of sp³-hybridized carbons (Fsp3) is 0.333. The van der Waals surface area contributed by atoms with Gasteiger partial charge in [0.25, 0.3) is 5.69 Å². The summed E-state index contributed by atoms with van der Waals surface area (Å²) in [6, 6.07) is 8.50. The van der Waals surface area contributed by atoms with Crippen molar-refractivity contribution >= 4 is 29.4 Å². The highest BCUT2D eigenvalue weighted by atomic mass is 16.6. The molecule has 2 aromatic carbocycles. The van der Waals surface area contributed by atoms with Gasteiger partial charge in [0.2, 0.25) is 17.7 Å². The SMILES string of the molecule is C[C@H](N)C(=O)N(Cc1cc([N+](=O)[O-])ccc1O)[C@@H](C)C(=O)NCC(=O)N[C@@H](Cc1ccccc1)C(=O)O. The van der Waals surface area contributed by atoms with Gasteiger partial charge < -0.3 is 31.5 Å². The predicted molar refractivity (Wildman–Crippen MR) is 131 cm³/mol. The monoisotopic (exact) mass is 515 g/mol. The lowest BCUT2D eigenvalue weighted by molar-refractivity contribution is -0.385. The molecular weight excluding hydrogens is 486 g/mol. The van der Waals surface area contributed by atoms with E-state index >= 15 is 0 Å². The molecule has 0 spiro atoms.